The van der Waals surface area contributed by atoms with Gasteiger partial charge in [-0.15, -0.1) is 0 Å². The minimum atomic E-state index is -3.68. The zero-order valence-corrected chi connectivity index (χ0v) is 18.3. The summed E-state index contributed by atoms with van der Waals surface area (Å²) in [5.74, 6) is 0.503. The Morgan fingerprint density at radius 3 is 2.09 bits per heavy atom. The van der Waals surface area contributed by atoms with Crippen molar-refractivity contribution in [1.82, 2.24) is 4.98 Å². The lowest BCUT2D eigenvalue weighted by Crippen LogP contribution is -2.06. The number of nitrogens with one attached hydrogen (secondary N) is 2. The Kier molecular flexibility index (Phi) is 5.79. The van der Waals surface area contributed by atoms with Gasteiger partial charge in [-0.2, -0.15) is 0 Å². The number of pyridine rings is 1. The van der Waals surface area contributed by atoms with E-state index in [9.17, 15) is 13.2 Å². The average molecular weight is 448 g/mol. The fourth-order valence-corrected chi connectivity index (χ4v) is 4.55. The molecule has 7 nitrogen and oxygen atoms in total. The highest BCUT2D eigenvalue weighted by Gasteiger charge is 2.17. The Bertz CT molecular complexity index is 1380. The van der Waals surface area contributed by atoms with E-state index in [0.29, 0.717) is 5.69 Å². The van der Waals surface area contributed by atoms with Crippen LogP contribution in [0.2, 0.25) is 0 Å². The van der Waals surface area contributed by atoms with Crippen LogP contribution in [0.5, 0.6) is 5.75 Å². The number of nitrogens with zero attached hydrogens (tertiary/aromatic N) is 1. The Morgan fingerprint density at radius 2 is 1.50 bits per heavy atom. The van der Waals surface area contributed by atoms with Crippen LogP contribution in [-0.2, 0) is 14.6 Å². The molecule has 0 atom stereocenters. The van der Waals surface area contributed by atoms with Crippen molar-refractivity contribution < 1.29 is 17.9 Å². The van der Waals surface area contributed by atoms with E-state index in [-0.39, 0.29) is 15.7 Å². The van der Waals surface area contributed by atoms with E-state index < -0.39 is 9.84 Å². The molecule has 4 rings (SSSR count). The fourth-order valence-electron chi connectivity index (χ4n) is 3.29. The smallest absolute Gasteiger partial charge is 0.221 e. The van der Waals surface area contributed by atoms with Gasteiger partial charge in [-0.05, 0) is 72.8 Å². The van der Waals surface area contributed by atoms with Crippen molar-refractivity contribution in [2.45, 2.75) is 16.7 Å². The number of ether oxygens (including phenoxy) is 1. The molecule has 32 heavy (non-hydrogen) atoms. The van der Waals surface area contributed by atoms with E-state index >= 15 is 0 Å². The maximum atomic E-state index is 13.0. The fraction of sp³-hybridized carbons (Fsp3) is 0.0833. The van der Waals surface area contributed by atoms with Gasteiger partial charge in [-0.1, -0.05) is 0 Å². The maximum absolute atomic E-state index is 13.0. The third kappa shape index (κ3) is 4.40. The summed E-state index contributed by atoms with van der Waals surface area (Å²) >= 11 is 0. The number of sulfone groups is 1. The molecule has 8 heteroatoms. The second kappa shape index (κ2) is 8.68. The van der Waals surface area contributed by atoms with Crippen molar-refractivity contribution in [3.63, 3.8) is 0 Å². The SMILES string of the molecule is COc1ccc2nccc(Nc3ccc(S(=O)(=O)c4ccc(NC(C)=O)cc4)cc3)c2c1. The first-order valence-corrected chi connectivity index (χ1v) is 11.3. The number of rotatable bonds is 6. The molecule has 1 aromatic heterocycles. The number of methoxy groups -OCH3 is 1. The van der Waals surface area contributed by atoms with Gasteiger partial charge in [-0.25, -0.2) is 8.42 Å². The maximum Gasteiger partial charge on any atom is 0.221 e. The lowest BCUT2D eigenvalue weighted by atomic mass is 10.1. The minimum absolute atomic E-state index is 0.152. The van der Waals surface area contributed by atoms with E-state index in [1.54, 1.807) is 49.7 Å². The van der Waals surface area contributed by atoms with E-state index in [1.807, 2.05) is 24.3 Å². The normalized spacial score (nSPS) is 11.2. The molecular formula is C24H21N3O4S. The molecule has 0 spiro atoms. The van der Waals surface area contributed by atoms with E-state index in [2.05, 4.69) is 15.6 Å². The molecular weight excluding hydrogens is 426 g/mol. The van der Waals surface area contributed by atoms with Gasteiger partial charge in [0.2, 0.25) is 15.7 Å². The summed E-state index contributed by atoms with van der Waals surface area (Å²) in [4.78, 5) is 15.8. The van der Waals surface area contributed by atoms with Gasteiger partial charge in [0.15, 0.2) is 0 Å². The Balaban J connectivity index is 1.58. The van der Waals surface area contributed by atoms with E-state index in [1.165, 1.54) is 19.1 Å². The summed E-state index contributed by atoms with van der Waals surface area (Å²) in [6, 6.07) is 20.1. The Hall–Kier alpha value is -3.91. The van der Waals surface area contributed by atoms with Crippen LogP contribution in [0.4, 0.5) is 17.1 Å². The van der Waals surface area contributed by atoms with Gasteiger partial charge in [-0.3, -0.25) is 9.78 Å². The Labute approximate surface area is 186 Å². The quantitative estimate of drug-likeness (QED) is 0.442. The van der Waals surface area contributed by atoms with Crippen LogP contribution in [-0.4, -0.2) is 26.4 Å². The lowest BCUT2D eigenvalue weighted by molar-refractivity contribution is -0.114. The first-order valence-electron chi connectivity index (χ1n) is 9.79. The molecule has 0 bridgehead atoms. The number of amides is 1. The molecule has 0 radical (unpaired) electrons. The molecule has 0 saturated heterocycles. The summed E-state index contributed by atoms with van der Waals surface area (Å²) in [5.41, 5.74) is 2.92. The molecule has 0 aliphatic heterocycles. The lowest BCUT2D eigenvalue weighted by Gasteiger charge is -2.11. The molecule has 0 saturated carbocycles. The second-order valence-corrected chi connectivity index (χ2v) is 9.05. The van der Waals surface area contributed by atoms with Crippen LogP contribution < -0.4 is 15.4 Å². The summed E-state index contributed by atoms with van der Waals surface area (Å²) in [7, 11) is -2.08. The molecule has 0 fully saturated rings. The van der Waals surface area contributed by atoms with Crippen LogP contribution in [0, 0.1) is 0 Å². The molecule has 0 aliphatic rings. The van der Waals surface area contributed by atoms with Crippen LogP contribution >= 0.6 is 0 Å². The molecule has 1 amide bonds. The summed E-state index contributed by atoms with van der Waals surface area (Å²) in [5, 5.41) is 6.82. The highest BCUT2D eigenvalue weighted by Crippen LogP contribution is 2.29. The number of hydrogen-bond donors (Lipinski definition) is 2. The number of anilines is 3. The number of benzene rings is 3. The number of carbonyl (C=O) groups is 1. The van der Waals surface area contributed by atoms with Crippen LogP contribution in [0.25, 0.3) is 10.9 Å². The van der Waals surface area contributed by atoms with Crippen molar-refractivity contribution in [2.75, 3.05) is 17.7 Å². The zero-order valence-electron chi connectivity index (χ0n) is 17.5. The highest BCUT2D eigenvalue weighted by molar-refractivity contribution is 7.91. The van der Waals surface area contributed by atoms with E-state index in [4.69, 9.17) is 4.74 Å². The number of aromatic nitrogens is 1. The number of carbonyl (C=O) groups excluding carboxylic acids is 1. The summed E-state index contributed by atoms with van der Waals surface area (Å²) in [6.45, 7) is 1.39. The molecule has 162 valence electrons. The predicted molar refractivity (Wildman–Crippen MR) is 124 cm³/mol. The molecule has 0 unspecified atom stereocenters. The zero-order chi connectivity index (χ0) is 22.7. The van der Waals surface area contributed by atoms with Gasteiger partial charge < -0.3 is 15.4 Å². The Morgan fingerprint density at radius 1 is 0.875 bits per heavy atom. The number of fused-ring (bicyclic) bond motifs is 1. The van der Waals surface area contributed by atoms with Crippen molar-refractivity contribution in [2.24, 2.45) is 0 Å². The topological polar surface area (TPSA) is 97.4 Å². The standard InChI is InChI=1S/C24H21N3O4S/c1-16(28)26-17-3-8-20(9-4-17)32(29,30)21-10-5-18(6-11-21)27-24-13-14-25-23-12-7-19(31-2)15-22(23)24/h3-15H,1-2H3,(H,25,27)(H,26,28). The highest BCUT2D eigenvalue weighted by atomic mass is 32.2. The summed E-state index contributed by atoms with van der Waals surface area (Å²) < 4.78 is 31.2. The van der Waals surface area contributed by atoms with Gasteiger partial charge in [0, 0.05) is 35.6 Å². The number of hydrogen-bond acceptors (Lipinski definition) is 6. The molecule has 2 N–H and O–H groups in total. The third-order valence-electron chi connectivity index (χ3n) is 4.88. The molecule has 0 aliphatic carbocycles. The predicted octanol–water partition coefficient (Wildman–Crippen LogP) is 4.78. The van der Waals surface area contributed by atoms with Crippen LogP contribution in [0.1, 0.15) is 6.92 Å². The van der Waals surface area contributed by atoms with E-state index in [0.717, 1.165) is 28.0 Å². The van der Waals surface area contributed by atoms with Gasteiger partial charge in [0.1, 0.15) is 5.75 Å². The first kappa shape index (κ1) is 21.3. The first-order chi connectivity index (χ1) is 15.4. The van der Waals surface area contributed by atoms with Crippen LogP contribution in [0.15, 0.2) is 88.8 Å². The third-order valence-corrected chi connectivity index (χ3v) is 6.66. The summed E-state index contributed by atoms with van der Waals surface area (Å²) in [6.07, 6.45) is 1.71. The molecule has 4 aromatic rings. The van der Waals surface area contributed by atoms with Gasteiger partial charge in [0.05, 0.1) is 22.4 Å². The van der Waals surface area contributed by atoms with Crippen LogP contribution in [0.3, 0.4) is 0 Å². The second-order valence-electron chi connectivity index (χ2n) is 7.10. The van der Waals surface area contributed by atoms with Crippen molar-refractivity contribution in [3.05, 3.63) is 79.0 Å². The van der Waals surface area contributed by atoms with Crippen molar-refractivity contribution in [3.8, 4) is 5.75 Å². The molecule has 1 heterocycles. The molecule has 3 aromatic carbocycles. The van der Waals surface area contributed by atoms with Crippen molar-refractivity contribution >= 4 is 43.7 Å². The monoisotopic (exact) mass is 447 g/mol. The minimum Gasteiger partial charge on any atom is -0.497 e. The van der Waals surface area contributed by atoms with Crippen molar-refractivity contribution in [1.29, 1.82) is 0 Å². The largest absolute Gasteiger partial charge is 0.497 e. The van der Waals surface area contributed by atoms with Gasteiger partial charge >= 0.3 is 0 Å². The van der Waals surface area contributed by atoms with Gasteiger partial charge in [0.25, 0.3) is 0 Å². The average Bonchev–Trinajstić information content (AvgIpc) is 2.79.